The average molecular weight is 403 g/mol. The maximum atomic E-state index is 12.7. The molecule has 0 N–H and O–H groups in total. The number of carbonyl (C=O) groups is 3. The zero-order chi connectivity index (χ0) is 21.7. The highest BCUT2D eigenvalue weighted by atomic mass is 16.6. The Labute approximate surface area is 174 Å². The van der Waals surface area contributed by atoms with Crippen LogP contribution in [-0.4, -0.2) is 30.4 Å². The molecule has 5 heteroatoms. The average Bonchev–Trinajstić information content (AvgIpc) is 3.11. The van der Waals surface area contributed by atoms with Gasteiger partial charge in [-0.2, -0.15) is 0 Å². The van der Waals surface area contributed by atoms with Crippen LogP contribution in [0.1, 0.15) is 54.4 Å². The summed E-state index contributed by atoms with van der Waals surface area (Å²) in [4.78, 5) is 35.9. The van der Waals surface area contributed by atoms with Crippen LogP contribution in [-0.2, 0) is 23.9 Å². The number of hydrogen-bond donors (Lipinski definition) is 0. The number of ether oxygens (including phenoxy) is 2. The third kappa shape index (κ3) is 5.91. The van der Waals surface area contributed by atoms with Crippen LogP contribution in [0.5, 0.6) is 0 Å². The summed E-state index contributed by atoms with van der Waals surface area (Å²) in [7, 11) is 0. The third-order valence-corrected chi connectivity index (χ3v) is 6.14. The predicted octanol–water partition coefficient (Wildman–Crippen LogP) is 4.43. The predicted molar refractivity (Wildman–Crippen MR) is 112 cm³/mol. The van der Waals surface area contributed by atoms with E-state index >= 15 is 0 Å². The highest BCUT2D eigenvalue weighted by Gasteiger charge is 2.52. The number of hydrogen-bond acceptors (Lipinski definition) is 5. The van der Waals surface area contributed by atoms with Gasteiger partial charge in [-0.1, -0.05) is 36.3 Å². The lowest BCUT2D eigenvalue weighted by atomic mass is 9.71. The molecule has 0 amide bonds. The fraction of sp³-hybridized carbons (Fsp3) is 0.625. The normalized spacial score (nSPS) is 31.7. The molecule has 160 valence electrons. The summed E-state index contributed by atoms with van der Waals surface area (Å²) in [5.41, 5.74) is 2.45. The molecule has 0 radical (unpaired) electrons. The lowest BCUT2D eigenvalue weighted by Gasteiger charge is -2.33. The standard InChI is InChI=1S/C24H34O5/c1-14(2)8-7-9-15(3)19-12-22(29-18(6)26)20(13-28-17(5)25)24(19)23-16(4)10-11-21(23)27/h8-11,16,19-20,22-24H,7,12-13H2,1-6H3. The van der Waals surface area contributed by atoms with Gasteiger partial charge < -0.3 is 9.47 Å². The van der Waals surface area contributed by atoms with E-state index < -0.39 is 0 Å². The van der Waals surface area contributed by atoms with Crippen LogP contribution in [0, 0.1) is 29.6 Å². The van der Waals surface area contributed by atoms with Crippen molar-refractivity contribution in [2.75, 3.05) is 6.61 Å². The molecule has 2 aliphatic carbocycles. The van der Waals surface area contributed by atoms with E-state index in [9.17, 15) is 14.4 Å². The molecule has 2 rings (SSSR count). The second-order valence-electron chi connectivity index (χ2n) is 8.65. The Bertz CT molecular complexity index is 726. The molecule has 0 saturated heterocycles. The molecule has 0 bridgehead atoms. The summed E-state index contributed by atoms with van der Waals surface area (Å²) >= 11 is 0. The fourth-order valence-corrected chi connectivity index (χ4v) is 4.82. The van der Waals surface area contributed by atoms with Gasteiger partial charge in [0.2, 0.25) is 0 Å². The van der Waals surface area contributed by atoms with E-state index in [1.807, 2.05) is 13.0 Å². The van der Waals surface area contributed by atoms with Crippen molar-refractivity contribution < 1.29 is 23.9 Å². The van der Waals surface area contributed by atoms with Crippen molar-refractivity contribution in [3.05, 3.63) is 35.5 Å². The summed E-state index contributed by atoms with van der Waals surface area (Å²) in [6.45, 7) is 11.2. The lowest BCUT2D eigenvalue weighted by Crippen LogP contribution is -2.37. The van der Waals surface area contributed by atoms with E-state index in [1.54, 1.807) is 6.08 Å². The first-order valence-corrected chi connectivity index (χ1v) is 10.4. The first-order chi connectivity index (χ1) is 13.6. The van der Waals surface area contributed by atoms with E-state index in [-0.39, 0.29) is 60.0 Å². The summed E-state index contributed by atoms with van der Waals surface area (Å²) in [5, 5.41) is 0. The van der Waals surface area contributed by atoms with Crippen LogP contribution in [0.4, 0.5) is 0 Å². The SMILES string of the molecule is CC(=O)OCC1C(OC(C)=O)CC(C(C)=CCC=C(C)C)C1C1C(=O)C=CC1C. The molecule has 0 heterocycles. The van der Waals surface area contributed by atoms with E-state index in [0.29, 0.717) is 6.42 Å². The quantitative estimate of drug-likeness (QED) is 0.465. The molecule has 1 fully saturated rings. The zero-order valence-electron chi connectivity index (χ0n) is 18.4. The van der Waals surface area contributed by atoms with Crippen molar-refractivity contribution in [2.45, 2.75) is 60.5 Å². The number of esters is 2. The Morgan fingerprint density at radius 2 is 1.79 bits per heavy atom. The van der Waals surface area contributed by atoms with E-state index in [1.165, 1.54) is 25.0 Å². The number of rotatable bonds is 7. The Kier molecular flexibility index (Phi) is 8.00. The minimum absolute atomic E-state index is 0.0425. The third-order valence-electron chi connectivity index (χ3n) is 6.14. The maximum Gasteiger partial charge on any atom is 0.302 e. The Balaban J connectivity index is 2.39. The molecule has 0 spiro atoms. The molecule has 5 nitrogen and oxygen atoms in total. The van der Waals surface area contributed by atoms with Gasteiger partial charge in [-0.25, -0.2) is 0 Å². The summed E-state index contributed by atoms with van der Waals surface area (Å²) in [6, 6.07) is 0. The fourth-order valence-electron chi connectivity index (χ4n) is 4.82. The van der Waals surface area contributed by atoms with Gasteiger partial charge in [-0.15, -0.1) is 0 Å². The molecule has 0 aliphatic heterocycles. The Morgan fingerprint density at radius 1 is 1.10 bits per heavy atom. The number of allylic oxidation sites excluding steroid dienone is 6. The molecule has 6 unspecified atom stereocenters. The second-order valence-corrected chi connectivity index (χ2v) is 8.65. The van der Waals surface area contributed by atoms with Gasteiger partial charge >= 0.3 is 11.9 Å². The maximum absolute atomic E-state index is 12.7. The lowest BCUT2D eigenvalue weighted by molar-refractivity contribution is -0.152. The van der Waals surface area contributed by atoms with Gasteiger partial charge in [0, 0.05) is 25.7 Å². The summed E-state index contributed by atoms with van der Waals surface area (Å²) < 4.78 is 11.0. The van der Waals surface area contributed by atoms with Crippen LogP contribution < -0.4 is 0 Å². The highest BCUT2D eigenvalue weighted by molar-refractivity contribution is 5.94. The van der Waals surface area contributed by atoms with Gasteiger partial charge in [-0.3, -0.25) is 14.4 Å². The molecule has 0 aromatic heterocycles. The highest BCUT2D eigenvalue weighted by Crippen LogP contribution is 2.50. The van der Waals surface area contributed by atoms with Crippen LogP contribution in [0.3, 0.4) is 0 Å². The smallest absolute Gasteiger partial charge is 0.302 e. The molecular weight excluding hydrogens is 368 g/mol. The minimum atomic E-state index is -0.367. The summed E-state index contributed by atoms with van der Waals surface area (Å²) in [5.74, 6) is -0.826. The van der Waals surface area contributed by atoms with Gasteiger partial charge in [-0.05, 0) is 57.4 Å². The zero-order valence-corrected chi connectivity index (χ0v) is 18.4. The monoisotopic (exact) mass is 402 g/mol. The molecule has 6 atom stereocenters. The van der Waals surface area contributed by atoms with Crippen LogP contribution in [0.2, 0.25) is 0 Å². The molecule has 2 aliphatic rings. The van der Waals surface area contributed by atoms with Crippen molar-refractivity contribution in [3.63, 3.8) is 0 Å². The Morgan fingerprint density at radius 3 is 2.31 bits per heavy atom. The second kappa shape index (κ2) is 10.0. The van der Waals surface area contributed by atoms with Crippen molar-refractivity contribution in [2.24, 2.45) is 29.6 Å². The Hall–Kier alpha value is -2.17. The molecule has 1 saturated carbocycles. The molecule has 29 heavy (non-hydrogen) atoms. The van der Waals surface area contributed by atoms with E-state index in [4.69, 9.17) is 9.47 Å². The summed E-state index contributed by atoms with van der Waals surface area (Å²) in [6.07, 6.45) is 9.08. The van der Waals surface area contributed by atoms with E-state index in [0.717, 1.165) is 6.42 Å². The van der Waals surface area contributed by atoms with Gasteiger partial charge in [0.25, 0.3) is 0 Å². The topological polar surface area (TPSA) is 69.7 Å². The number of carbonyl (C=O) groups excluding carboxylic acids is 3. The van der Waals surface area contributed by atoms with Gasteiger partial charge in [0.05, 0.1) is 6.61 Å². The van der Waals surface area contributed by atoms with Gasteiger partial charge in [0.15, 0.2) is 5.78 Å². The van der Waals surface area contributed by atoms with E-state index in [2.05, 4.69) is 32.9 Å². The van der Waals surface area contributed by atoms with Crippen molar-refractivity contribution in [3.8, 4) is 0 Å². The van der Waals surface area contributed by atoms with Crippen LogP contribution >= 0.6 is 0 Å². The van der Waals surface area contributed by atoms with Crippen molar-refractivity contribution in [1.82, 2.24) is 0 Å². The first-order valence-electron chi connectivity index (χ1n) is 10.4. The molecule has 0 aromatic rings. The van der Waals surface area contributed by atoms with Crippen LogP contribution in [0.15, 0.2) is 35.5 Å². The van der Waals surface area contributed by atoms with Gasteiger partial charge in [0.1, 0.15) is 6.10 Å². The first kappa shape index (κ1) is 23.1. The molecular formula is C24H34O5. The minimum Gasteiger partial charge on any atom is -0.465 e. The number of ketones is 1. The van der Waals surface area contributed by atoms with Crippen LogP contribution in [0.25, 0.3) is 0 Å². The largest absolute Gasteiger partial charge is 0.465 e. The van der Waals surface area contributed by atoms with Crippen molar-refractivity contribution >= 4 is 17.7 Å². The molecule has 0 aromatic carbocycles. The van der Waals surface area contributed by atoms with Crippen molar-refractivity contribution in [1.29, 1.82) is 0 Å².